The zero-order valence-corrected chi connectivity index (χ0v) is 27.9. The molecule has 0 saturated heterocycles. The van der Waals surface area contributed by atoms with E-state index < -0.39 is 0 Å². The van der Waals surface area contributed by atoms with Crippen molar-refractivity contribution >= 4 is 87.5 Å². The average molecular weight is 665 g/mol. The highest BCUT2D eigenvalue weighted by Gasteiger charge is 2.23. The van der Waals surface area contributed by atoms with Gasteiger partial charge in [-0.05, 0) is 66.2 Å². The van der Waals surface area contributed by atoms with E-state index in [4.69, 9.17) is 8.83 Å². The Balaban J connectivity index is 1.22. The molecule has 0 aliphatic rings. The lowest BCUT2D eigenvalue weighted by Gasteiger charge is -2.12. The number of fused-ring (bicyclic) bond motifs is 12. The Bertz CT molecular complexity index is 3410. The summed E-state index contributed by atoms with van der Waals surface area (Å²) in [7, 11) is 0. The molecule has 0 amide bonds. The van der Waals surface area contributed by atoms with E-state index in [0.29, 0.717) is 0 Å². The van der Waals surface area contributed by atoms with Gasteiger partial charge in [-0.1, -0.05) is 109 Å². The molecular weight excluding hydrogens is 637 g/mol. The minimum Gasteiger partial charge on any atom is -0.456 e. The summed E-state index contributed by atoms with van der Waals surface area (Å²) in [5.74, 6) is 0. The molecule has 0 atom stereocenters. The van der Waals surface area contributed by atoms with Crippen LogP contribution in [0.2, 0.25) is 0 Å². The third-order valence-corrected chi connectivity index (χ3v) is 10.9. The molecule has 52 heavy (non-hydrogen) atoms. The quantitative estimate of drug-likeness (QED) is 0.188. The first-order valence-electron chi connectivity index (χ1n) is 17.7. The van der Waals surface area contributed by atoms with E-state index in [-0.39, 0.29) is 0 Å². The number of hydrogen-bond acceptors (Lipinski definition) is 2. The predicted molar refractivity (Wildman–Crippen MR) is 215 cm³/mol. The van der Waals surface area contributed by atoms with Gasteiger partial charge in [0.15, 0.2) is 0 Å². The molecule has 8 aromatic carbocycles. The number of para-hydroxylation sites is 5. The third-order valence-electron chi connectivity index (χ3n) is 10.9. The van der Waals surface area contributed by atoms with Gasteiger partial charge in [-0.25, -0.2) is 0 Å². The molecule has 4 heteroatoms. The van der Waals surface area contributed by atoms with Crippen LogP contribution in [0, 0.1) is 0 Å². The average Bonchev–Trinajstić information content (AvgIpc) is 3.95. The van der Waals surface area contributed by atoms with Crippen LogP contribution in [0.15, 0.2) is 179 Å². The van der Waals surface area contributed by atoms with Crippen molar-refractivity contribution in [3.05, 3.63) is 170 Å². The third kappa shape index (κ3) is 3.65. The molecule has 0 fully saturated rings. The SMILES string of the molecule is c1ccc(-n2c3ccccc3c3cc4c5ccccc5n(-c5cccc6oc7cccc(-c8cccc9c8oc8ccccc89)c7c56)c4cc32)cc1. The summed E-state index contributed by atoms with van der Waals surface area (Å²) in [6, 6.07) is 60.5. The zero-order valence-electron chi connectivity index (χ0n) is 27.9. The summed E-state index contributed by atoms with van der Waals surface area (Å²) in [5.41, 5.74) is 12.5. The summed E-state index contributed by atoms with van der Waals surface area (Å²) >= 11 is 0. The molecule has 12 aromatic rings. The van der Waals surface area contributed by atoms with Crippen LogP contribution in [0.3, 0.4) is 0 Å². The molecule has 0 aliphatic carbocycles. The number of benzene rings is 8. The first-order valence-corrected chi connectivity index (χ1v) is 17.7. The largest absolute Gasteiger partial charge is 0.456 e. The first-order chi connectivity index (χ1) is 25.8. The summed E-state index contributed by atoms with van der Waals surface area (Å²) < 4.78 is 18.1. The van der Waals surface area contributed by atoms with Crippen molar-refractivity contribution in [2.24, 2.45) is 0 Å². The van der Waals surface area contributed by atoms with Gasteiger partial charge in [0.1, 0.15) is 22.3 Å². The molecule has 242 valence electrons. The second kappa shape index (κ2) is 10.3. The van der Waals surface area contributed by atoms with E-state index in [0.717, 1.165) is 77.4 Å². The van der Waals surface area contributed by atoms with Gasteiger partial charge >= 0.3 is 0 Å². The second-order valence-corrected chi connectivity index (χ2v) is 13.6. The Kier molecular flexibility index (Phi) is 5.47. The molecule has 0 spiro atoms. The molecule has 0 bridgehead atoms. The van der Waals surface area contributed by atoms with Crippen molar-refractivity contribution in [2.75, 3.05) is 0 Å². The minimum absolute atomic E-state index is 0.848. The van der Waals surface area contributed by atoms with Crippen LogP contribution in [0.1, 0.15) is 0 Å². The fourth-order valence-electron chi connectivity index (χ4n) is 8.76. The highest BCUT2D eigenvalue weighted by atomic mass is 16.3. The lowest BCUT2D eigenvalue weighted by atomic mass is 9.97. The fraction of sp³-hybridized carbons (Fsp3) is 0. The maximum absolute atomic E-state index is 6.69. The fourth-order valence-corrected chi connectivity index (χ4v) is 8.76. The molecule has 4 nitrogen and oxygen atoms in total. The number of rotatable bonds is 3. The number of nitrogens with zero attached hydrogens (tertiary/aromatic N) is 2. The van der Waals surface area contributed by atoms with Gasteiger partial charge in [-0.3, -0.25) is 0 Å². The molecular formula is C48H28N2O2. The lowest BCUT2D eigenvalue weighted by Crippen LogP contribution is -1.96. The Morgan fingerprint density at radius 2 is 0.904 bits per heavy atom. The standard InChI is InChI=1S/C48H28N2O2/c1-2-13-29(14-3-1)49-38-21-7-4-15-30(38)36-27-37-31-16-5-8-22-39(31)50(42(37)28-41(36)49)40-23-12-26-45-47(40)46-33(18-11-25-44(46)51-45)35-20-10-19-34-32-17-6-9-24-43(32)52-48(34)35/h1-28H. The predicted octanol–water partition coefficient (Wildman–Crippen LogP) is 13.3. The highest BCUT2D eigenvalue weighted by Crippen LogP contribution is 2.45. The molecule has 0 N–H and O–H groups in total. The van der Waals surface area contributed by atoms with E-state index in [1.807, 2.05) is 12.1 Å². The normalized spacial score (nSPS) is 12.2. The van der Waals surface area contributed by atoms with Crippen molar-refractivity contribution < 1.29 is 8.83 Å². The van der Waals surface area contributed by atoms with Gasteiger partial charge in [0.05, 0.1) is 33.1 Å². The van der Waals surface area contributed by atoms with E-state index in [9.17, 15) is 0 Å². The molecule has 0 aliphatic heterocycles. The molecule has 12 rings (SSSR count). The van der Waals surface area contributed by atoms with Crippen LogP contribution < -0.4 is 0 Å². The van der Waals surface area contributed by atoms with E-state index in [1.54, 1.807) is 0 Å². The molecule has 4 aromatic heterocycles. The number of furan rings is 2. The minimum atomic E-state index is 0.848. The lowest BCUT2D eigenvalue weighted by molar-refractivity contribution is 0.668. The topological polar surface area (TPSA) is 36.1 Å². The van der Waals surface area contributed by atoms with Crippen molar-refractivity contribution in [1.29, 1.82) is 0 Å². The summed E-state index contributed by atoms with van der Waals surface area (Å²) in [4.78, 5) is 0. The van der Waals surface area contributed by atoms with Gasteiger partial charge in [0.25, 0.3) is 0 Å². The van der Waals surface area contributed by atoms with Gasteiger partial charge in [0, 0.05) is 49.0 Å². The van der Waals surface area contributed by atoms with Crippen molar-refractivity contribution in [3.63, 3.8) is 0 Å². The monoisotopic (exact) mass is 664 g/mol. The summed E-state index contributed by atoms with van der Waals surface area (Å²) in [6.07, 6.45) is 0. The van der Waals surface area contributed by atoms with Crippen molar-refractivity contribution in [2.45, 2.75) is 0 Å². The van der Waals surface area contributed by atoms with E-state index in [1.165, 1.54) is 32.6 Å². The number of aromatic nitrogens is 2. The highest BCUT2D eigenvalue weighted by molar-refractivity contribution is 6.22. The van der Waals surface area contributed by atoms with Crippen LogP contribution in [-0.2, 0) is 0 Å². The molecule has 0 radical (unpaired) electrons. The Morgan fingerprint density at radius 3 is 1.71 bits per heavy atom. The Morgan fingerprint density at radius 1 is 0.327 bits per heavy atom. The van der Waals surface area contributed by atoms with E-state index in [2.05, 4.69) is 167 Å². The first kappa shape index (κ1) is 27.7. The van der Waals surface area contributed by atoms with E-state index >= 15 is 0 Å². The molecule has 0 saturated carbocycles. The Labute approximate surface area is 296 Å². The van der Waals surface area contributed by atoms with Crippen LogP contribution in [-0.4, -0.2) is 9.13 Å². The molecule has 4 heterocycles. The maximum Gasteiger partial charge on any atom is 0.143 e. The van der Waals surface area contributed by atoms with Crippen molar-refractivity contribution in [1.82, 2.24) is 9.13 Å². The number of hydrogen-bond donors (Lipinski definition) is 0. The Hall–Kier alpha value is -7.04. The zero-order chi connectivity index (χ0) is 33.9. The van der Waals surface area contributed by atoms with Crippen LogP contribution in [0.4, 0.5) is 0 Å². The second-order valence-electron chi connectivity index (χ2n) is 13.6. The van der Waals surface area contributed by atoms with Crippen LogP contribution >= 0.6 is 0 Å². The smallest absolute Gasteiger partial charge is 0.143 e. The molecule has 0 unspecified atom stereocenters. The van der Waals surface area contributed by atoms with Gasteiger partial charge in [-0.2, -0.15) is 0 Å². The van der Waals surface area contributed by atoms with Crippen LogP contribution in [0.25, 0.3) is 110 Å². The van der Waals surface area contributed by atoms with Gasteiger partial charge in [0.2, 0.25) is 0 Å². The van der Waals surface area contributed by atoms with Gasteiger partial charge < -0.3 is 18.0 Å². The van der Waals surface area contributed by atoms with Crippen molar-refractivity contribution in [3.8, 4) is 22.5 Å². The van der Waals surface area contributed by atoms with Crippen LogP contribution in [0.5, 0.6) is 0 Å². The summed E-state index contributed by atoms with van der Waals surface area (Å²) in [6.45, 7) is 0. The maximum atomic E-state index is 6.69. The summed E-state index contributed by atoms with van der Waals surface area (Å²) in [5, 5.41) is 9.30. The van der Waals surface area contributed by atoms with Gasteiger partial charge in [-0.15, -0.1) is 0 Å².